The molecule has 160 valence electrons. The number of rotatable bonds is 9. The smallest absolute Gasteiger partial charge is 0.191 e. The summed E-state index contributed by atoms with van der Waals surface area (Å²) in [5.41, 5.74) is 1.06. The Kier molecular flexibility index (Phi) is 10.6. The Labute approximate surface area is 197 Å². The van der Waals surface area contributed by atoms with Gasteiger partial charge in [0.15, 0.2) is 11.8 Å². The highest BCUT2D eigenvalue weighted by molar-refractivity contribution is 14.0. The van der Waals surface area contributed by atoms with Crippen molar-refractivity contribution < 1.29 is 4.39 Å². The fourth-order valence-corrected chi connectivity index (χ4v) is 3.45. The molecule has 0 saturated carbocycles. The summed E-state index contributed by atoms with van der Waals surface area (Å²) in [5, 5.41) is 10.8. The molecule has 0 unspecified atom stereocenters. The Morgan fingerprint density at radius 2 is 2.00 bits per heavy atom. The van der Waals surface area contributed by atoms with Crippen LogP contribution in [0.25, 0.3) is 5.82 Å². The fourth-order valence-electron chi connectivity index (χ4n) is 2.60. The van der Waals surface area contributed by atoms with E-state index in [1.165, 1.54) is 12.1 Å². The van der Waals surface area contributed by atoms with Crippen molar-refractivity contribution in [3.8, 4) is 5.82 Å². The minimum absolute atomic E-state index is 0. The summed E-state index contributed by atoms with van der Waals surface area (Å²) in [5.74, 6) is 2.32. The lowest BCUT2D eigenvalue weighted by molar-refractivity contribution is 0.626. The highest BCUT2D eigenvalue weighted by Crippen LogP contribution is 2.18. The maximum atomic E-state index is 12.9. The van der Waals surface area contributed by atoms with Crippen LogP contribution < -0.4 is 10.6 Å². The number of nitrogens with zero attached hydrogens (tertiary/aromatic N) is 4. The van der Waals surface area contributed by atoms with E-state index in [1.807, 2.05) is 43.5 Å². The largest absolute Gasteiger partial charge is 0.357 e. The van der Waals surface area contributed by atoms with E-state index in [1.54, 1.807) is 28.8 Å². The molecule has 2 N–H and O–H groups in total. The van der Waals surface area contributed by atoms with Crippen LogP contribution in [0, 0.1) is 5.82 Å². The van der Waals surface area contributed by atoms with Crippen LogP contribution in [0.4, 0.5) is 4.39 Å². The van der Waals surface area contributed by atoms with Crippen LogP contribution in [-0.4, -0.2) is 39.6 Å². The molecule has 0 spiro atoms. The Morgan fingerprint density at radius 3 is 2.73 bits per heavy atom. The highest BCUT2D eigenvalue weighted by atomic mass is 127. The van der Waals surface area contributed by atoms with Gasteiger partial charge in [-0.25, -0.2) is 19.0 Å². The highest BCUT2D eigenvalue weighted by Gasteiger charge is 2.02. The van der Waals surface area contributed by atoms with Gasteiger partial charge in [-0.15, -0.1) is 35.7 Å². The molecule has 6 nitrogen and oxygen atoms in total. The summed E-state index contributed by atoms with van der Waals surface area (Å²) >= 11 is 1.72. The molecular weight excluding hydrogens is 514 g/mol. The molecule has 0 radical (unpaired) electrons. The minimum Gasteiger partial charge on any atom is -0.357 e. The van der Waals surface area contributed by atoms with E-state index in [2.05, 4.69) is 25.7 Å². The van der Waals surface area contributed by atoms with Crippen molar-refractivity contribution in [2.24, 2.45) is 4.99 Å². The van der Waals surface area contributed by atoms with Crippen LogP contribution in [0.1, 0.15) is 18.9 Å². The number of hydrogen-bond acceptors (Lipinski definition) is 4. The Balaban J connectivity index is 0.00000320. The van der Waals surface area contributed by atoms with E-state index in [0.717, 1.165) is 47.5 Å². The van der Waals surface area contributed by atoms with Crippen LogP contribution in [-0.2, 0) is 6.54 Å². The van der Waals surface area contributed by atoms with Gasteiger partial charge in [0.1, 0.15) is 5.82 Å². The first kappa shape index (κ1) is 24.1. The number of hydrogen-bond donors (Lipinski definition) is 2. The summed E-state index contributed by atoms with van der Waals surface area (Å²) < 4.78 is 14.7. The molecule has 0 aliphatic rings. The lowest BCUT2D eigenvalue weighted by Gasteiger charge is -2.11. The molecule has 3 aromatic rings. The van der Waals surface area contributed by atoms with Crippen LogP contribution >= 0.6 is 35.7 Å². The zero-order valence-corrected chi connectivity index (χ0v) is 19.9. The van der Waals surface area contributed by atoms with Gasteiger partial charge in [-0.1, -0.05) is 0 Å². The van der Waals surface area contributed by atoms with E-state index in [-0.39, 0.29) is 29.8 Å². The third kappa shape index (κ3) is 7.94. The fraction of sp³-hybridized carbons (Fsp3) is 0.286. The lowest BCUT2D eigenvalue weighted by atomic mass is 10.2. The quantitative estimate of drug-likeness (QED) is 0.140. The van der Waals surface area contributed by atoms with Gasteiger partial charge in [0.05, 0.1) is 6.54 Å². The second-order valence-electron chi connectivity index (χ2n) is 6.25. The van der Waals surface area contributed by atoms with Gasteiger partial charge in [-0.2, -0.15) is 5.10 Å². The van der Waals surface area contributed by atoms with E-state index in [4.69, 9.17) is 0 Å². The number of benzene rings is 1. The van der Waals surface area contributed by atoms with Gasteiger partial charge >= 0.3 is 0 Å². The summed E-state index contributed by atoms with van der Waals surface area (Å²) in [6.45, 7) is 4.21. The molecule has 0 amide bonds. The minimum atomic E-state index is -0.201. The van der Waals surface area contributed by atoms with Gasteiger partial charge in [0, 0.05) is 36.6 Å². The summed E-state index contributed by atoms with van der Waals surface area (Å²) in [7, 11) is 0. The van der Waals surface area contributed by atoms with Crippen LogP contribution in [0.2, 0.25) is 0 Å². The lowest BCUT2D eigenvalue weighted by Crippen LogP contribution is -2.37. The zero-order valence-electron chi connectivity index (χ0n) is 16.8. The number of aromatic nitrogens is 3. The van der Waals surface area contributed by atoms with Gasteiger partial charge in [-0.3, -0.25) is 0 Å². The number of guanidine groups is 1. The maximum absolute atomic E-state index is 12.9. The number of nitrogens with one attached hydrogen (secondary N) is 2. The number of pyridine rings is 1. The average Bonchev–Trinajstić information content (AvgIpc) is 3.28. The van der Waals surface area contributed by atoms with Crippen molar-refractivity contribution in [2.75, 3.05) is 18.8 Å². The SMILES string of the molecule is CCNC(=NCc1ccnc(-n2cccn2)c1)NCCCSc1ccc(F)cc1.I. The first-order valence-corrected chi connectivity index (χ1v) is 10.6. The standard InChI is InChI=1S/C21H25FN6S.HI/c1-2-23-21(25-10-4-14-29-19-7-5-18(22)6-8-19)26-16-17-9-12-24-20(15-17)28-13-3-11-27-28;/h3,5-9,11-13,15H,2,4,10,14,16H2,1H3,(H2,23,25,26);1H. The van der Waals surface area contributed by atoms with Crippen LogP contribution in [0.3, 0.4) is 0 Å². The van der Waals surface area contributed by atoms with Crippen molar-refractivity contribution in [1.29, 1.82) is 0 Å². The Hall–Kier alpha value is -2.14. The first-order chi connectivity index (χ1) is 14.2. The predicted octanol–water partition coefficient (Wildman–Crippen LogP) is 4.26. The zero-order chi connectivity index (χ0) is 20.3. The molecule has 0 fully saturated rings. The van der Waals surface area contributed by atoms with E-state index in [0.29, 0.717) is 6.54 Å². The van der Waals surface area contributed by atoms with Crippen molar-refractivity contribution in [1.82, 2.24) is 25.4 Å². The number of thioether (sulfide) groups is 1. The second kappa shape index (κ2) is 13.2. The second-order valence-corrected chi connectivity index (χ2v) is 7.42. The van der Waals surface area contributed by atoms with Crippen LogP contribution in [0.15, 0.2) is 70.9 Å². The summed E-state index contributed by atoms with van der Waals surface area (Å²) in [4.78, 5) is 10.1. The van der Waals surface area contributed by atoms with Gasteiger partial charge < -0.3 is 10.6 Å². The first-order valence-electron chi connectivity index (χ1n) is 9.60. The monoisotopic (exact) mass is 540 g/mol. The third-order valence-electron chi connectivity index (χ3n) is 4.01. The van der Waals surface area contributed by atoms with Crippen molar-refractivity contribution >= 4 is 41.7 Å². The van der Waals surface area contributed by atoms with E-state index < -0.39 is 0 Å². The molecule has 0 aliphatic carbocycles. The third-order valence-corrected chi connectivity index (χ3v) is 5.11. The molecule has 1 aromatic carbocycles. The molecule has 0 atom stereocenters. The Morgan fingerprint density at radius 1 is 1.17 bits per heavy atom. The predicted molar refractivity (Wildman–Crippen MR) is 131 cm³/mol. The normalized spacial score (nSPS) is 11.1. The molecule has 9 heteroatoms. The Bertz CT molecular complexity index is 902. The molecule has 30 heavy (non-hydrogen) atoms. The maximum Gasteiger partial charge on any atom is 0.191 e. The van der Waals surface area contributed by atoms with Gasteiger partial charge in [0.2, 0.25) is 0 Å². The molecule has 0 aliphatic heterocycles. The molecule has 3 rings (SSSR count). The molecule has 0 saturated heterocycles. The van der Waals surface area contributed by atoms with Crippen molar-refractivity contribution in [2.45, 2.75) is 24.8 Å². The summed E-state index contributed by atoms with van der Waals surface area (Å²) in [6.07, 6.45) is 6.35. The molecule has 0 bridgehead atoms. The molecule has 2 aromatic heterocycles. The summed E-state index contributed by atoms with van der Waals surface area (Å²) in [6, 6.07) is 12.4. The number of aliphatic imine (C=N–C) groups is 1. The van der Waals surface area contributed by atoms with E-state index >= 15 is 0 Å². The van der Waals surface area contributed by atoms with Crippen molar-refractivity contribution in [3.63, 3.8) is 0 Å². The molecular formula is C21H26FIN6S. The van der Waals surface area contributed by atoms with E-state index in [9.17, 15) is 4.39 Å². The van der Waals surface area contributed by atoms with Gasteiger partial charge in [-0.05, 0) is 67.1 Å². The molecule has 2 heterocycles. The average molecular weight is 540 g/mol. The van der Waals surface area contributed by atoms with Gasteiger partial charge in [0.25, 0.3) is 0 Å². The number of halogens is 2. The van der Waals surface area contributed by atoms with Crippen LogP contribution in [0.5, 0.6) is 0 Å². The topological polar surface area (TPSA) is 67.1 Å². The van der Waals surface area contributed by atoms with Crippen molar-refractivity contribution in [3.05, 3.63) is 72.4 Å².